The van der Waals surface area contributed by atoms with Crippen LogP contribution in [-0.4, -0.2) is 19.8 Å². The number of hydrogen-bond acceptors (Lipinski definition) is 2. The van der Waals surface area contributed by atoms with Crippen LogP contribution in [0.1, 0.15) is 49.7 Å². The van der Waals surface area contributed by atoms with Crippen LogP contribution in [0.3, 0.4) is 0 Å². The van der Waals surface area contributed by atoms with E-state index in [1.807, 2.05) is 0 Å². The Morgan fingerprint density at radius 2 is 1.68 bits per heavy atom. The Hall–Kier alpha value is -3.05. The van der Waals surface area contributed by atoms with E-state index in [4.69, 9.17) is 9.47 Å². The summed E-state index contributed by atoms with van der Waals surface area (Å²) in [6.45, 7) is 9.39. The van der Waals surface area contributed by atoms with Gasteiger partial charge in [-0.2, -0.15) is 0 Å². The van der Waals surface area contributed by atoms with Crippen molar-refractivity contribution in [3.05, 3.63) is 102 Å². The molecule has 1 aliphatic rings. The SMILES string of the molecule is C=C(/C=C/c1ccc(-c2ccc(C3CCC(OC)CC3)c(F)c2F)cc1)/C=C(/F)C(=C)OCC. The summed E-state index contributed by atoms with van der Waals surface area (Å²) >= 11 is 0. The minimum Gasteiger partial charge on any atom is -0.491 e. The van der Waals surface area contributed by atoms with E-state index in [0.29, 0.717) is 23.3 Å². The third-order valence-electron chi connectivity index (χ3n) is 6.17. The van der Waals surface area contributed by atoms with Gasteiger partial charge in [-0.1, -0.05) is 61.7 Å². The Bertz CT molecular complexity index is 1080. The van der Waals surface area contributed by atoms with Crippen molar-refractivity contribution in [2.24, 2.45) is 0 Å². The molecular weight excluding hydrogens is 437 g/mol. The van der Waals surface area contributed by atoms with Gasteiger partial charge in [-0.05, 0) is 66.9 Å². The number of hydrogen-bond donors (Lipinski definition) is 0. The zero-order valence-corrected chi connectivity index (χ0v) is 19.8. The molecule has 34 heavy (non-hydrogen) atoms. The highest BCUT2D eigenvalue weighted by Gasteiger charge is 2.26. The van der Waals surface area contributed by atoms with E-state index >= 15 is 0 Å². The van der Waals surface area contributed by atoms with Gasteiger partial charge in [-0.25, -0.2) is 13.2 Å². The molecule has 0 amide bonds. The summed E-state index contributed by atoms with van der Waals surface area (Å²) in [6, 6.07) is 10.4. The van der Waals surface area contributed by atoms with E-state index in [1.165, 1.54) is 6.08 Å². The Morgan fingerprint density at radius 1 is 1.00 bits per heavy atom. The van der Waals surface area contributed by atoms with Crippen molar-refractivity contribution in [1.82, 2.24) is 0 Å². The number of methoxy groups -OCH3 is 1. The van der Waals surface area contributed by atoms with Gasteiger partial charge in [0.05, 0.1) is 12.7 Å². The first kappa shape index (κ1) is 25.6. The molecule has 0 aromatic heterocycles. The summed E-state index contributed by atoms with van der Waals surface area (Å²) in [6.07, 6.45) is 8.15. The molecule has 0 N–H and O–H groups in total. The van der Waals surface area contributed by atoms with E-state index < -0.39 is 17.5 Å². The molecule has 180 valence electrons. The van der Waals surface area contributed by atoms with Gasteiger partial charge in [0.1, 0.15) is 5.76 Å². The fraction of sp³-hybridized carbons (Fsp3) is 0.310. The molecule has 3 rings (SSSR count). The highest BCUT2D eigenvalue weighted by atomic mass is 19.2. The molecule has 1 fully saturated rings. The molecular formula is C29H31F3O2. The summed E-state index contributed by atoms with van der Waals surface area (Å²) in [5.74, 6) is -2.19. The van der Waals surface area contributed by atoms with Gasteiger partial charge in [-0.15, -0.1) is 0 Å². The van der Waals surface area contributed by atoms with Crippen molar-refractivity contribution in [1.29, 1.82) is 0 Å². The predicted molar refractivity (Wildman–Crippen MR) is 132 cm³/mol. The van der Waals surface area contributed by atoms with Crippen LogP contribution in [-0.2, 0) is 9.47 Å². The molecule has 0 radical (unpaired) electrons. The smallest absolute Gasteiger partial charge is 0.166 e. The molecule has 0 spiro atoms. The third kappa shape index (κ3) is 6.29. The van der Waals surface area contributed by atoms with Crippen molar-refractivity contribution < 1.29 is 22.6 Å². The maximum Gasteiger partial charge on any atom is 0.166 e. The van der Waals surface area contributed by atoms with Crippen LogP contribution >= 0.6 is 0 Å². The maximum atomic E-state index is 15.0. The van der Waals surface area contributed by atoms with Gasteiger partial charge in [0.25, 0.3) is 0 Å². The van der Waals surface area contributed by atoms with Crippen LogP contribution in [0.2, 0.25) is 0 Å². The lowest BCUT2D eigenvalue weighted by Gasteiger charge is -2.28. The summed E-state index contributed by atoms with van der Waals surface area (Å²) in [5.41, 5.74) is 2.51. The molecule has 0 heterocycles. The molecule has 0 atom stereocenters. The number of ether oxygens (including phenoxy) is 2. The van der Waals surface area contributed by atoms with Crippen LogP contribution in [0, 0.1) is 11.6 Å². The summed E-state index contributed by atoms with van der Waals surface area (Å²) in [7, 11) is 1.69. The summed E-state index contributed by atoms with van der Waals surface area (Å²) < 4.78 is 54.2. The topological polar surface area (TPSA) is 18.5 Å². The minimum absolute atomic E-state index is 0.0140. The van der Waals surface area contributed by atoms with Crippen molar-refractivity contribution in [3.63, 3.8) is 0 Å². The van der Waals surface area contributed by atoms with Crippen molar-refractivity contribution in [3.8, 4) is 11.1 Å². The number of benzene rings is 2. The monoisotopic (exact) mass is 468 g/mol. The van der Waals surface area contributed by atoms with Crippen molar-refractivity contribution in [2.75, 3.05) is 13.7 Å². The van der Waals surface area contributed by atoms with E-state index in [-0.39, 0.29) is 23.3 Å². The van der Waals surface area contributed by atoms with Gasteiger partial charge in [0, 0.05) is 12.7 Å². The first-order valence-electron chi connectivity index (χ1n) is 11.5. The lowest BCUT2D eigenvalue weighted by Crippen LogP contribution is -2.20. The molecule has 2 nitrogen and oxygen atoms in total. The van der Waals surface area contributed by atoms with Gasteiger partial charge in [0.15, 0.2) is 17.5 Å². The van der Waals surface area contributed by atoms with Crippen LogP contribution in [0.15, 0.2) is 78.9 Å². The molecule has 0 aliphatic heterocycles. The zero-order chi connectivity index (χ0) is 24.7. The number of rotatable bonds is 9. The fourth-order valence-corrected chi connectivity index (χ4v) is 4.22. The molecule has 2 aromatic carbocycles. The molecule has 5 heteroatoms. The third-order valence-corrected chi connectivity index (χ3v) is 6.17. The number of halogens is 3. The fourth-order valence-electron chi connectivity index (χ4n) is 4.22. The van der Waals surface area contributed by atoms with Crippen LogP contribution in [0.4, 0.5) is 13.2 Å². The van der Waals surface area contributed by atoms with Gasteiger partial charge >= 0.3 is 0 Å². The second-order valence-electron chi connectivity index (χ2n) is 8.42. The first-order chi connectivity index (χ1) is 16.3. The molecule has 1 aliphatic carbocycles. The Labute approximate surface area is 200 Å². The molecule has 0 bridgehead atoms. The van der Waals surface area contributed by atoms with E-state index in [0.717, 1.165) is 31.2 Å². The normalized spacial score (nSPS) is 18.8. The van der Waals surface area contributed by atoms with Crippen LogP contribution < -0.4 is 0 Å². The quantitative estimate of drug-likeness (QED) is 0.272. The van der Waals surface area contributed by atoms with Crippen LogP contribution in [0.25, 0.3) is 17.2 Å². The largest absolute Gasteiger partial charge is 0.491 e. The molecule has 2 aromatic rings. The second-order valence-corrected chi connectivity index (χ2v) is 8.42. The lowest BCUT2D eigenvalue weighted by molar-refractivity contribution is 0.0655. The molecule has 1 saturated carbocycles. The Kier molecular flexibility index (Phi) is 8.94. The highest BCUT2D eigenvalue weighted by Crippen LogP contribution is 2.37. The Morgan fingerprint density at radius 3 is 2.29 bits per heavy atom. The van der Waals surface area contributed by atoms with Gasteiger partial charge < -0.3 is 9.47 Å². The maximum absolute atomic E-state index is 15.0. The molecule has 0 unspecified atom stereocenters. The predicted octanol–water partition coefficient (Wildman–Crippen LogP) is 8.28. The average Bonchev–Trinajstić information content (AvgIpc) is 2.85. The van der Waals surface area contributed by atoms with Crippen LogP contribution in [0.5, 0.6) is 0 Å². The van der Waals surface area contributed by atoms with Gasteiger partial charge in [0.2, 0.25) is 0 Å². The van der Waals surface area contributed by atoms with E-state index in [9.17, 15) is 13.2 Å². The standard InChI is InChI=1S/C29H31F3O2/c1-5-34-20(3)27(30)18-19(2)6-7-21-8-10-22(11-9-21)25-16-17-26(29(32)28(25)31)23-12-14-24(33-4)15-13-23/h6-11,16-18,23-24H,2-3,5,12-15H2,1,4H3/b7-6+,27-18+. The van der Waals surface area contributed by atoms with Crippen molar-refractivity contribution in [2.45, 2.75) is 44.6 Å². The summed E-state index contributed by atoms with van der Waals surface area (Å²) in [5, 5.41) is 0. The Balaban J connectivity index is 1.70. The van der Waals surface area contributed by atoms with Gasteiger partial charge in [-0.3, -0.25) is 0 Å². The zero-order valence-electron chi connectivity index (χ0n) is 19.8. The summed E-state index contributed by atoms with van der Waals surface area (Å²) in [4.78, 5) is 0. The van der Waals surface area contributed by atoms with E-state index in [2.05, 4.69) is 13.2 Å². The first-order valence-corrected chi connectivity index (χ1v) is 11.5. The highest BCUT2D eigenvalue weighted by molar-refractivity contribution is 5.67. The minimum atomic E-state index is -0.821. The lowest BCUT2D eigenvalue weighted by atomic mass is 9.82. The van der Waals surface area contributed by atoms with E-state index in [1.54, 1.807) is 62.6 Å². The second kappa shape index (κ2) is 11.9. The molecule has 0 saturated heterocycles. The average molecular weight is 469 g/mol. The van der Waals surface area contributed by atoms with Crippen molar-refractivity contribution >= 4 is 6.08 Å². The number of allylic oxidation sites excluding steroid dienone is 4.